The van der Waals surface area contributed by atoms with Crippen LogP contribution in [0, 0.1) is 11.8 Å². The molecule has 1 atom stereocenters. The van der Waals surface area contributed by atoms with Gasteiger partial charge in [0.05, 0.1) is 12.3 Å². The van der Waals surface area contributed by atoms with Gasteiger partial charge in [-0.05, 0) is 31.6 Å². The van der Waals surface area contributed by atoms with Crippen LogP contribution < -0.4 is 0 Å². The van der Waals surface area contributed by atoms with E-state index >= 15 is 0 Å². The SMILES string of the molecule is COC[C@@H]1c2nnn(CC3CC3)c2CCN1C(=O)C1CCOCC1. The number of carbonyl (C=O) groups excluding carboxylic acids is 1. The standard InChI is InChI=1S/C17H26N4O3/c1-23-11-15-16-14(21(19-18-16)10-12-2-3-12)4-7-20(15)17(22)13-5-8-24-9-6-13/h12-13,15H,2-11H2,1H3/t15-/m1/s1. The summed E-state index contributed by atoms with van der Waals surface area (Å²) in [6.07, 6.45) is 5.06. The second kappa shape index (κ2) is 6.80. The number of ether oxygens (including phenoxy) is 2. The molecule has 2 aliphatic heterocycles. The lowest BCUT2D eigenvalue weighted by molar-refractivity contribution is -0.143. The van der Waals surface area contributed by atoms with Gasteiger partial charge in [-0.3, -0.25) is 4.79 Å². The van der Waals surface area contributed by atoms with E-state index in [1.807, 2.05) is 4.90 Å². The van der Waals surface area contributed by atoms with Crippen LogP contribution in [0.15, 0.2) is 0 Å². The number of fused-ring (bicyclic) bond motifs is 1. The minimum atomic E-state index is -0.109. The van der Waals surface area contributed by atoms with Crippen LogP contribution in [-0.2, 0) is 27.2 Å². The summed E-state index contributed by atoms with van der Waals surface area (Å²) in [6, 6.07) is -0.109. The van der Waals surface area contributed by atoms with Crippen molar-refractivity contribution in [3.63, 3.8) is 0 Å². The zero-order valence-electron chi connectivity index (χ0n) is 14.3. The third-order valence-electron chi connectivity index (χ3n) is 5.46. The van der Waals surface area contributed by atoms with E-state index in [1.54, 1.807) is 7.11 Å². The number of hydrogen-bond acceptors (Lipinski definition) is 5. The molecule has 7 heteroatoms. The Balaban J connectivity index is 1.55. The fraction of sp³-hybridized carbons (Fsp3) is 0.824. The van der Waals surface area contributed by atoms with Gasteiger partial charge in [0, 0.05) is 45.8 Å². The molecule has 1 saturated carbocycles. The number of nitrogens with zero attached hydrogens (tertiary/aromatic N) is 4. The first-order valence-corrected chi connectivity index (χ1v) is 9.07. The van der Waals surface area contributed by atoms with Crippen molar-refractivity contribution in [2.24, 2.45) is 11.8 Å². The molecule has 0 radical (unpaired) electrons. The molecule has 1 aromatic rings. The van der Waals surface area contributed by atoms with Crippen LogP contribution >= 0.6 is 0 Å². The van der Waals surface area contributed by atoms with Crippen molar-refractivity contribution in [2.45, 2.75) is 44.7 Å². The number of aromatic nitrogens is 3. The van der Waals surface area contributed by atoms with Gasteiger partial charge in [-0.2, -0.15) is 0 Å². The summed E-state index contributed by atoms with van der Waals surface area (Å²) in [6.45, 7) is 3.54. The first kappa shape index (κ1) is 16.0. The molecule has 1 aliphatic carbocycles. The van der Waals surface area contributed by atoms with Gasteiger partial charge in [0.25, 0.3) is 0 Å². The second-order valence-corrected chi connectivity index (χ2v) is 7.19. The summed E-state index contributed by atoms with van der Waals surface area (Å²) in [4.78, 5) is 15.0. The van der Waals surface area contributed by atoms with E-state index in [4.69, 9.17) is 9.47 Å². The predicted molar refractivity (Wildman–Crippen MR) is 86.3 cm³/mol. The van der Waals surface area contributed by atoms with Crippen molar-refractivity contribution in [2.75, 3.05) is 33.5 Å². The number of amides is 1. The van der Waals surface area contributed by atoms with Gasteiger partial charge in [-0.15, -0.1) is 5.10 Å². The maximum absolute atomic E-state index is 13.0. The van der Waals surface area contributed by atoms with E-state index in [2.05, 4.69) is 15.0 Å². The van der Waals surface area contributed by atoms with Crippen molar-refractivity contribution in [1.29, 1.82) is 0 Å². The fourth-order valence-corrected chi connectivity index (χ4v) is 3.85. The number of hydrogen-bond donors (Lipinski definition) is 0. The van der Waals surface area contributed by atoms with Gasteiger partial charge in [0.2, 0.25) is 5.91 Å². The first-order chi connectivity index (χ1) is 11.8. The topological polar surface area (TPSA) is 69.5 Å². The molecule has 3 aliphatic rings. The quantitative estimate of drug-likeness (QED) is 0.809. The van der Waals surface area contributed by atoms with Gasteiger partial charge < -0.3 is 14.4 Å². The lowest BCUT2D eigenvalue weighted by atomic mass is 9.95. The lowest BCUT2D eigenvalue weighted by Crippen LogP contribution is -2.46. The Hall–Kier alpha value is -1.47. The van der Waals surface area contributed by atoms with Crippen LogP contribution in [0.3, 0.4) is 0 Å². The molecule has 7 nitrogen and oxygen atoms in total. The average molecular weight is 334 g/mol. The van der Waals surface area contributed by atoms with Crippen LogP contribution in [0.2, 0.25) is 0 Å². The van der Waals surface area contributed by atoms with Crippen molar-refractivity contribution >= 4 is 5.91 Å². The van der Waals surface area contributed by atoms with Crippen molar-refractivity contribution in [1.82, 2.24) is 19.9 Å². The van der Waals surface area contributed by atoms with Gasteiger partial charge >= 0.3 is 0 Å². The van der Waals surface area contributed by atoms with E-state index in [1.165, 1.54) is 18.5 Å². The lowest BCUT2D eigenvalue weighted by Gasteiger charge is -2.37. The van der Waals surface area contributed by atoms with Gasteiger partial charge in [-0.1, -0.05) is 5.21 Å². The zero-order chi connectivity index (χ0) is 16.5. The Kier molecular flexibility index (Phi) is 4.54. The molecule has 0 aromatic carbocycles. The number of rotatable bonds is 5. The molecule has 0 spiro atoms. The summed E-state index contributed by atoms with van der Waals surface area (Å²) >= 11 is 0. The molecule has 3 heterocycles. The molecule has 1 amide bonds. The third kappa shape index (κ3) is 3.07. The second-order valence-electron chi connectivity index (χ2n) is 7.19. The monoisotopic (exact) mass is 334 g/mol. The molecule has 132 valence electrons. The molecule has 0 N–H and O–H groups in total. The highest BCUT2D eigenvalue weighted by molar-refractivity contribution is 5.79. The Morgan fingerprint density at radius 3 is 2.79 bits per heavy atom. The minimum Gasteiger partial charge on any atom is -0.382 e. The van der Waals surface area contributed by atoms with Crippen LogP contribution in [0.1, 0.15) is 43.1 Å². The van der Waals surface area contributed by atoms with Crippen molar-refractivity contribution < 1.29 is 14.3 Å². The van der Waals surface area contributed by atoms with E-state index < -0.39 is 0 Å². The highest BCUT2D eigenvalue weighted by atomic mass is 16.5. The minimum absolute atomic E-state index is 0.0705. The first-order valence-electron chi connectivity index (χ1n) is 9.07. The smallest absolute Gasteiger partial charge is 0.226 e. The fourth-order valence-electron chi connectivity index (χ4n) is 3.85. The van der Waals surface area contributed by atoms with Crippen LogP contribution in [0.25, 0.3) is 0 Å². The summed E-state index contributed by atoms with van der Waals surface area (Å²) in [7, 11) is 1.68. The summed E-state index contributed by atoms with van der Waals surface area (Å²) in [5.74, 6) is 1.06. The Bertz CT molecular complexity index is 593. The van der Waals surface area contributed by atoms with Crippen molar-refractivity contribution in [3.8, 4) is 0 Å². The zero-order valence-corrected chi connectivity index (χ0v) is 14.3. The maximum atomic E-state index is 13.0. The van der Waals surface area contributed by atoms with Gasteiger partial charge in [0.1, 0.15) is 11.7 Å². The van der Waals surface area contributed by atoms with Crippen LogP contribution in [0.4, 0.5) is 0 Å². The Labute approximate surface area is 142 Å². The summed E-state index contributed by atoms with van der Waals surface area (Å²) in [5, 5.41) is 8.80. The molecule has 1 aromatic heterocycles. The molecule has 1 saturated heterocycles. The Morgan fingerprint density at radius 1 is 1.29 bits per heavy atom. The molecule has 4 rings (SSSR count). The predicted octanol–water partition coefficient (Wildman–Crippen LogP) is 1.19. The van der Waals surface area contributed by atoms with Crippen molar-refractivity contribution in [3.05, 3.63) is 11.4 Å². The summed E-state index contributed by atoms with van der Waals surface area (Å²) < 4.78 is 12.9. The average Bonchev–Trinajstić information content (AvgIpc) is 3.34. The van der Waals surface area contributed by atoms with E-state index in [0.717, 1.165) is 44.0 Å². The highest BCUT2D eigenvalue weighted by Crippen LogP contribution is 2.34. The van der Waals surface area contributed by atoms with E-state index in [0.29, 0.717) is 19.8 Å². The van der Waals surface area contributed by atoms with E-state index in [9.17, 15) is 4.79 Å². The molecule has 0 unspecified atom stereocenters. The van der Waals surface area contributed by atoms with Crippen LogP contribution in [0.5, 0.6) is 0 Å². The third-order valence-corrected chi connectivity index (χ3v) is 5.46. The molecule has 2 fully saturated rings. The number of carbonyl (C=O) groups is 1. The van der Waals surface area contributed by atoms with E-state index in [-0.39, 0.29) is 17.9 Å². The Morgan fingerprint density at radius 2 is 2.08 bits per heavy atom. The van der Waals surface area contributed by atoms with Crippen LogP contribution in [-0.4, -0.2) is 59.3 Å². The van der Waals surface area contributed by atoms with Gasteiger partial charge in [-0.25, -0.2) is 4.68 Å². The normalized spacial score (nSPS) is 24.9. The molecule has 0 bridgehead atoms. The highest BCUT2D eigenvalue weighted by Gasteiger charge is 2.38. The molecular weight excluding hydrogens is 308 g/mol. The largest absolute Gasteiger partial charge is 0.382 e. The maximum Gasteiger partial charge on any atom is 0.226 e. The van der Waals surface area contributed by atoms with Gasteiger partial charge in [0.15, 0.2) is 0 Å². The molecule has 24 heavy (non-hydrogen) atoms. The number of methoxy groups -OCH3 is 1. The summed E-state index contributed by atoms with van der Waals surface area (Å²) in [5.41, 5.74) is 2.13. The molecular formula is C17H26N4O3.